The Bertz CT molecular complexity index is 919. The van der Waals surface area contributed by atoms with Crippen LogP contribution in [-0.4, -0.2) is 41.9 Å². The molecule has 2 aromatic rings. The molecule has 1 unspecified atom stereocenters. The number of hydrogen-bond donors (Lipinski definition) is 2. The van der Waals surface area contributed by atoms with E-state index in [0.717, 1.165) is 0 Å². The molecule has 0 saturated carbocycles. The fourth-order valence-corrected chi connectivity index (χ4v) is 4.36. The third kappa shape index (κ3) is 2.99. The molecule has 1 saturated heterocycles. The van der Waals surface area contributed by atoms with E-state index < -0.39 is 21.9 Å². The highest BCUT2D eigenvalue weighted by molar-refractivity contribution is 7.89. The van der Waals surface area contributed by atoms with Gasteiger partial charge in [0, 0.05) is 24.7 Å². The lowest BCUT2D eigenvalue weighted by molar-refractivity contribution is -0.142. The van der Waals surface area contributed by atoms with E-state index in [-0.39, 0.29) is 17.0 Å². The Morgan fingerprint density at radius 3 is 2.78 bits per heavy atom. The molecule has 8 heteroatoms. The minimum atomic E-state index is -3.75. The summed E-state index contributed by atoms with van der Waals surface area (Å²) in [5.41, 5.74) is 0.298. The summed E-state index contributed by atoms with van der Waals surface area (Å²) in [7, 11) is -3.75. The number of nitrogens with one attached hydrogen (secondary N) is 1. The van der Waals surface area contributed by atoms with Gasteiger partial charge in [0.25, 0.3) is 0 Å². The number of carbonyl (C=O) groups is 1. The molecule has 1 aromatic carbocycles. The molecular weight excluding hydrogens is 320 g/mol. The smallest absolute Gasteiger partial charge is 0.307 e. The third-order valence-corrected chi connectivity index (χ3v) is 5.93. The number of aliphatic carboxylic acids is 1. The van der Waals surface area contributed by atoms with Crippen molar-refractivity contribution in [1.29, 1.82) is 0 Å². The van der Waals surface area contributed by atoms with E-state index in [1.54, 1.807) is 12.1 Å². The van der Waals surface area contributed by atoms with Crippen LogP contribution >= 0.6 is 0 Å². The summed E-state index contributed by atoms with van der Waals surface area (Å²) >= 11 is 0. The van der Waals surface area contributed by atoms with Gasteiger partial charge in [0.1, 0.15) is 0 Å². The Hall–Kier alpha value is -2.19. The molecule has 1 aliphatic rings. The minimum Gasteiger partial charge on any atom is -0.481 e. The maximum Gasteiger partial charge on any atom is 0.307 e. The van der Waals surface area contributed by atoms with E-state index in [2.05, 4.69) is 4.98 Å². The molecule has 0 amide bonds. The fourth-order valence-electron chi connectivity index (χ4n) is 2.80. The molecule has 0 aliphatic carbocycles. The van der Waals surface area contributed by atoms with E-state index in [4.69, 9.17) is 5.11 Å². The SMILES string of the molecule is O=C(O)C1CCCN(S(=O)(=O)c2ccc3[nH]c(=O)ccc3c2)C1. The quantitative estimate of drug-likeness (QED) is 0.870. The first-order valence-corrected chi connectivity index (χ1v) is 8.68. The van der Waals surface area contributed by atoms with E-state index >= 15 is 0 Å². The van der Waals surface area contributed by atoms with Crippen LogP contribution in [0, 0.1) is 5.92 Å². The second kappa shape index (κ2) is 5.78. The van der Waals surface area contributed by atoms with Gasteiger partial charge >= 0.3 is 5.97 Å². The van der Waals surface area contributed by atoms with Crippen molar-refractivity contribution in [1.82, 2.24) is 9.29 Å². The average Bonchev–Trinajstić information content (AvgIpc) is 2.54. The summed E-state index contributed by atoms with van der Waals surface area (Å²) in [6, 6.07) is 7.36. The molecule has 7 nitrogen and oxygen atoms in total. The van der Waals surface area contributed by atoms with Crippen LogP contribution < -0.4 is 5.56 Å². The van der Waals surface area contributed by atoms with Gasteiger partial charge in [0.05, 0.1) is 10.8 Å². The lowest BCUT2D eigenvalue weighted by Gasteiger charge is -2.29. The molecule has 3 rings (SSSR count). The zero-order valence-electron chi connectivity index (χ0n) is 12.2. The summed E-state index contributed by atoms with van der Waals surface area (Å²) < 4.78 is 26.7. The molecular formula is C15H16N2O5S. The molecule has 23 heavy (non-hydrogen) atoms. The molecule has 1 atom stereocenters. The van der Waals surface area contributed by atoms with E-state index in [1.807, 2.05) is 0 Å². The van der Waals surface area contributed by atoms with Crippen LogP contribution in [0.15, 0.2) is 40.0 Å². The first-order valence-electron chi connectivity index (χ1n) is 7.24. The van der Waals surface area contributed by atoms with Gasteiger partial charge in [0.15, 0.2) is 0 Å². The molecule has 2 heterocycles. The number of H-pyrrole nitrogens is 1. The Morgan fingerprint density at radius 1 is 1.26 bits per heavy atom. The van der Waals surface area contributed by atoms with Crippen LogP contribution in [0.25, 0.3) is 10.9 Å². The maximum atomic E-state index is 12.7. The highest BCUT2D eigenvalue weighted by atomic mass is 32.2. The van der Waals surface area contributed by atoms with Gasteiger partial charge < -0.3 is 10.1 Å². The topological polar surface area (TPSA) is 108 Å². The summed E-state index contributed by atoms with van der Waals surface area (Å²) in [4.78, 5) is 25.1. The van der Waals surface area contributed by atoms with Crippen molar-refractivity contribution in [3.8, 4) is 0 Å². The lowest BCUT2D eigenvalue weighted by atomic mass is 10.0. The number of carboxylic acid groups (broad SMARTS) is 1. The van der Waals surface area contributed by atoms with Gasteiger partial charge in [-0.05, 0) is 42.5 Å². The number of aromatic amines is 1. The number of hydrogen-bond acceptors (Lipinski definition) is 4. The number of piperidine rings is 1. The van der Waals surface area contributed by atoms with Crippen LogP contribution in [0.3, 0.4) is 0 Å². The number of sulfonamides is 1. The van der Waals surface area contributed by atoms with Crippen molar-refractivity contribution in [3.63, 3.8) is 0 Å². The normalized spacial score (nSPS) is 19.7. The van der Waals surface area contributed by atoms with Gasteiger partial charge in [-0.15, -0.1) is 0 Å². The van der Waals surface area contributed by atoms with Crippen molar-refractivity contribution >= 4 is 26.9 Å². The molecule has 1 fully saturated rings. The number of aromatic nitrogens is 1. The molecule has 0 radical (unpaired) electrons. The van der Waals surface area contributed by atoms with Crippen LogP contribution in [0.5, 0.6) is 0 Å². The summed E-state index contributed by atoms with van der Waals surface area (Å²) in [5, 5.41) is 9.71. The van der Waals surface area contributed by atoms with Crippen molar-refractivity contribution < 1.29 is 18.3 Å². The maximum absolute atomic E-state index is 12.7. The van der Waals surface area contributed by atoms with Gasteiger partial charge in [-0.2, -0.15) is 4.31 Å². The largest absolute Gasteiger partial charge is 0.481 e. The number of carboxylic acids is 1. The highest BCUT2D eigenvalue weighted by Gasteiger charge is 2.33. The first-order chi connectivity index (χ1) is 10.9. The van der Waals surface area contributed by atoms with Crippen LogP contribution in [0.4, 0.5) is 0 Å². The number of fused-ring (bicyclic) bond motifs is 1. The second-order valence-electron chi connectivity index (χ2n) is 5.61. The molecule has 2 N–H and O–H groups in total. The van der Waals surface area contributed by atoms with Crippen molar-refractivity contribution in [3.05, 3.63) is 40.7 Å². The summed E-state index contributed by atoms with van der Waals surface area (Å²) in [6.07, 6.45) is 1.01. The number of benzene rings is 1. The number of pyridine rings is 1. The Kier molecular flexibility index (Phi) is 3.95. The number of nitrogens with zero attached hydrogens (tertiary/aromatic N) is 1. The average molecular weight is 336 g/mol. The molecule has 0 bridgehead atoms. The zero-order chi connectivity index (χ0) is 16.6. The van der Waals surface area contributed by atoms with Crippen LogP contribution in [0.1, 0.15) is 12.8 Å². The van der Waals surface area contributed by atoms with Crippen LogP contribution in [-0.2, 0) is 14.8 Å². The molecule has 0 spiro atoms. The highest BCUT2D eigenvalue weighted by Crippen LogP contribution is 2.25. The second-order valence-corrected chi connectivity index (χ2v) is 7.55. The summed E-state index contributed by atoms with van der Waals surface area (Å²) in [5.74, 6) is -1.64. The van der Waals surface area contributed by atoms with E-state index in [1.165, 1.54) is 22.5 Å². The van der Waals surface area contributed by atoms with Gasteiger partial charge in [-0.1, -0.05) is 0 Å². The molecule has 1 aliphatic heterocycles. The van der Waals surface area contributed by atoms with Gasteiger partial charge in [-0.25, -0.2) is 8.42 Å². The van der Waals surface area contributed by atoms with Gasteiger partial charge in [-0.3, -0.25) is 9.59 Å². The number of rotatable bonds is 3. The molecule has 1 aromatic heterocycles. The monoisotopic (exact) mass is 336 g/mol. The van der Waals surface area contributed by atoms with E-state index in [0.29, 0.717) is 30.3 Å². The Labute approximate surface area is 132 Å². The minimum absolute atomic E-state index is 0.0126. The van der Waals surface area contributed by atoms with Crippen LogP contribution in [0.2, 0.25) is 0 Å². The van der Waals surface area contributed by atoms with Crippen molar-refractivity contribution in [2.24, 2.45) is 5.92 Å². The Morgan fingerprint density at radius 2 is 2.04 bits per heavy atom. The standard InChI is InChI=1S/C15H16N2O5S/c18-14-6-3-10-8-12(4-5-13(10)16-14)23(21,22)17-7-1-2-11(9-17)15(19)20/h3-6,8,11H,1-2,7,9H2,(H,16,18)(H,19,20). The lowest BCUT2D eigenvalue weighted by Crippen LogP contribution is -2.42. The predicted octanol–water partition coefficient (Wildman–Crippen LogP) is 1.01. The first kappa shape index (κ1) is 15.7. The fraction of sp³-hybridized carbons (Fsp3) is 0.333. The summed E-state index contributed by atoms with van der Waals surface area (Å²) in [6.45, 7) is 0.303. The van der Waals surface area contributed by atoms with Crippen molar-refractivity contribution in [2.75, 3.05) is 13.1 Å². The Balaban J connectivity index is 1.97. The van der Waals surface area contributed by atoms with E-state index in [9.17, 15) is 18.0 Å². The predicted molar refractivity (Wildman–Crippen MR) is 83.7 cm³/mol. The van der Waals surface area contributed by atoms with Gasteiger partial charge in [0.2, 0.25) is 15.6 Å². The third-order valence-electron chi connectivity index (χ3n) is 4.07. The van der Waals surface area contributed by atoms with Crippen molar-refractivity contribution in [2.45, 2.75) is 17.7 Å². The zero-order valence-corrected chi connectivity index (χ0v) is 13.0. The molecule has 122 valence electrons.